The molecular weight excluding hydrogens is 190 g/mol. The number of aliphatic hydroxyl groups is 1. The zero-order valence-corrected chi connectivity index (χ0v) is 10.2. The molecule has 0 bridgehead atoms. The van der Waals surface area contributed by atoms with Gasteiger partial charge in [0.2, 0.25) is 0 Å². The van der Waals surface area contributed by atoms with Gasteiger partial charge in [0, 0.05) is 44.4 Å². The largest absolute Gasteiger partial charge is 0.396 e. The van der Waals surface area contributed by atoms with E-state index in [0.29, 0.717) is 18.5 Å². The van der Waals surface area contributed by atoms with E-state index in [4.69, 9.17) is 10.8 Å². The standard InChI is InChI=1S/C11H25N3O/c1-9-6-14(7-10(2)13(9)3)8-11(12)4-5-15/h9-11,15H,4-8,12H2,1-3H3. The lowest BCUT2D eigenvalue weighted by molar-refractivity contribution is 0.0551. The maximum atomic E-state index is 8.81. The maximum Gasteiger partial charge on any atom is 0.0446 e. The lowest BCUT2D eigenvalue weighted by Gasteiger charge is -2.43. The topological polar surface area (TPSA) is 52.7 Å². The van der Waals surface area contributed by atoms with Gasteiger partial charge in [0.1, 0.15) is 0 Å². The van der Waals surface area contributed by atoms with E-state index < -0.39 is 0 Å². The van der Waals surface area contributed by atoms with Crippen molar-refractivity contribution in [1.82, 2.24) is 9.80 Å². The van der Waals surface area contributed by atoms with Crippen molar-refractivity contribution in [3.8, 4) is 0 Å². The third-order valence-corrected chi connectivity index (χ3v) is 3.43. The molecule has 0 spiro atoms. The zero-order valence-electron chi connectivity index (χ0n) is 10.2. The van der Waals surface area contributed by atoms with Crippen molar-refractivity contribution in [1.29, 1.82) is 0 Å². The molecule has 1 rings (SSSR count). The summed E-state index contributed by atoms with van der Waals surface area (Å²) in [5.41, 5.74) is 5.93. The third-order valence-electron chi connectivity index (χ3n) is 3.43. The summed E-state index contributed by atoms with van der Waals surface area (Å²) in [5, 5.41) is 8.81. The minimum Gasteiger partial charge on any atom is -0.396 e. The predicted molar refractivity (Wildman–Crippen MR) is 62.8 cm³/mol. The van der Waals surface area contributed by atoms with E-state index in [2.05, 4.69) is 30.7 Å². The van der Waals surface area contributed by atoms with Crippen LogP contribution in [-0.4, -0.2) is 66.3 Å². The van der Waals surface area contributed by atoms with Crippen molar-refractivity contribution in [3.63, 3.8) is 0 Å². The molecular formula is C11H25N3O. The molecule has 0 aromatic carbocycles. The Balaban J connectivity index is 2.37. The number of piperazine rings is 1. The number of aliphatic hydroxyl groups excluding tert-OH is 1. The fourth-order valence-electron chi connectivity index (χ4n) is 2.25. The molecule has 4 heteroatoms. The molecule has 90 valence electrons. The second-order valence-electron chi connectivity index (χ2n) is 4.85. The fourth-order valence-corrected chi connectivity index (χ4v) is 2.25. The first-order chi connectivity index (χ1) is 7.04. The molecule has 0 aromatic rings. The Bertz CT molecular complexity index is 177. The van der Waals surface area contributed by atoms with Crippen LogP contribution >= 0.6 is 0 Å². The molecule has 1 fully saturated rings. The van der Waals surface area contributed by atoms with E-state index >= 15 is 0 Å². The van der Waals surface area contributed by atoms with Gasteiger partial charge >= 0.3 is 0 Å². The molecule has 0 radical (unpaired) electrons. The van der Waals surface area contributed by atoms with E-state index in [1.165, 1.54) is 0 Å². The van der Waals surface area contributed by atoms with Crippen molar-refractivity contribution >= 4 is 0 Å². The zero-order chi connectivity index (χ0) is 11.4. The van der Waals surface area contributed by atoms with E-state index in [1.807, 2.05) is 0 Å². The van der Waals surface area contributed by atoms with Crippen molar-refractivity contribution in [2.24, 2.45) is 5.73 Å². The highest BCUT2D eigenvalue weighted by atomic mass is 16.3. The molecule has 3 N–H and O–H groups in total. The molecule has 0 aliphatic carbocycles. The number of nitrogens with two attached hydrogens (primary N) is 1. The van der Waals surface area contributed by atoms with Crippen LogP contribution in [0.5, 0.6) is 0 Å². The molecule has 3 unspecified atom stereocenters. The Morgan fingerprint density at radius 3 is 2.33 bits per heavy atom. The van der Waals surface area contributed by atoms with Crippen LogP contribution in [-0.2, 0) is 0 Å². The highest BCUT2D eigenvalue weighted by molar-refractivity contribution is 4.84. The van der Waals surface area contributed by atoms with Crippen molar-refractivity contribution in [2.75, 3.05) is 33.3 Å². The van der Waals surface area contributed by atoms with Gasteiger partial charge in [0.05, 0.1) is 0 Å². The lowest BCUT2D eigenvalue weighted by atomic mass is 10.1. The molecule has 1 aliphatic heterocycles. The van der Waals surface area contributed by atoms with Gasteiger partial charge in [0.15, 0.2) is 0 Å². The Hall–Kier alpha value is -0.160. The van der Waals surface area contributed by atoms with Crippen LogP contribution < -0.4 is 5.73 Å². The summed E-state index contributed by atoms with van der Waals surface area (Å²) >= 11 is 0. The SMILES string of the molecule is CC1CN(CC(N)CCO)CC(C)N1C. The van der Waals surface area contributed by atoms with Crippen LogP contribution in [0.15, 0.2) is 0 Å². The first-order valence-corrected chi connectivity index (χ1v) is 5.85. The molecule has 1 aliphatic rings. The van der Waals surface area contributed by atoms with Crippen LogP contribution in [0.3, 0.4) is 0 Å². The minimum absolute atomic E-state index is 0.109. The summed E-state index contributed by atoms with van der Waals surface area (Å²) in [4.78, 5) is 4.82. The van der Waals surface area contributed by atoms with E-state index in [9.17, 15) is 0 Å². The van der Waals surface area contributed by atoms with Gasteiger partial charge in [-0.2, -0.15) is 0 Å². The second-order valence-corrected chi connectivity index (χ2v) is 4.85. The van der Waals surface area contributed by atoms with Crippen LogP contribution in [0.1, 0.15) is 20.3 Å². The predicted octanol–water partition coefficient (Wildman–Crippen LogP) is -0.279. The molecule has 3 atom stereocenters. The first kappa shape index (κ1) is 12.9. The van der Waals surface area contributed by atoms with Crippen molar-refractivity contribution in [3.05, 3.63) is 0 Å². The van der Waals surface area contributed by atoms with Gasteiger partial charge in [-0.05, 0) is 27.3 Å². The molecule has 1 saturated heterocycles. The summed E-state index contributed by atoms with van der Waals surface area (Å²) in [7, 11) is 2.18. The maximum absolute atomic E-state index is 8.81. The summed E-state index contributed by atoms with van der Waals surface area (Å²) < 4.78 is 0. The molecule has 4 nitrogen and oxygen atoms in total. The molecule has 0 saturated carbocycles. The fraction of sp³-hybridized carbons (Fsp3) is 1.00. The van der Waals surface area contributed by atoms with Crippen LogP contribution in [0.4, 0.5) is 0 Å². The van der Waals surface area contributed by atoms with Crippen molar-refractivity contribution < 1.29 is 5.11 Å². The number of hydrogen-bond acceptors (Lipinski definition) is 4. The number of nitrogens with zero attached hydrogens (tertiary/aromatic N) is 2. The van der Waals surface area contributed by atoms with Gasteiger partial charge in [-0.15, -0.1) is 0 Å². The lowest BCUT2D eigenvalue weighted by Crippen LogP contribution is -2.56. The summed E-state index contributed by atoms with van der Waals surface area (Å²) in [6, 6.07) is 1.29. The average Bonchev–Trinajstić information content (AvgIpc) is 2.14. The number of rotatable bonds is 4. The van der Waals surface area contributed by atoms with Crippen LogP contribution in [0, 0.1) is 0 Å². The van der Waals surface area contributed by atoms with Gasteiger partial charge in [-0.25, -0.2) is 0 Å². The average molecular weight is 215 g/mol. The van der Waals surface area contributed by atoms with Crippen LogP contribution in [0.2, 0.25) is 0 Å². The Labute approximate surface area is 93.0 Å². The quantitative estimate of drug-likeness (QED) is 0.677. The van der Waals surface area contributed by atoms with E-state index in [0.717, 1.165) is 19.6 Å². The second kappa shape index (κ2) is 5.80. The number of likely N-dealkylation sites (N-methyl/N-ethyl adjacent to an activating group) is 1. The molecule has 15 heavy (non-hydrogen) atoms. The first-order valence-electron chi connectivity index (χ1n) is 5.85. The van der Waals surface area contributed by atoms with E-state index in [1.54, 1.807) is 0 Å². The Morgan fingerprint density at radius 1 is 1.33 bits per heavy atom. The van der Waals surface area contributed by atoms with Crippen LogP contribution in [0.25, 0.3) is 0 Å². The molecule has 0 amide bonds. The smallest absolute Gasteiger partial charge is 0.0446 e. The van der Waals surface area contributed by atoms with Gasteiger partial charge in [0.25, 0.3) is 0 Å². The summed E-state index contributed by atoms with van der Waals surface area (Å²) in [6.07, 6.45) is 0.703. The number of hydrogen-bond donors (Lipinski definition) is 2. The highest BCUT2D eigenvalue weighted by Gasteiger charge is 2.26. The highest BCUT2D eigenvalue weighted by Crippen LogP contribution is 2.13. The Morgan fingerprint density at radius 2 is 1.87 bits per heavy atom. The van der Waals surface area contributed by atoms with E-state index in [-0.39, 0.29) is 12.6 Å². The summed E-state index contributed by atoms with van der Waals surface area (Å²) in [6.45, 7) is 7.77. The van der Waals surface area contributed by atoms with Gasteiger partial charge in [-0.3, -0.25) is 9.80 Å². The van der Waals surface area contributed by atoms with Crippen molar-refractivity contribution in [2.45, 2.75) is 38.4 Å². The molecule has 1 heterocycles. The van der Waals surface area contributed by atoms with Gasteiger partial charge in [-0.1, -0.05) is 0 Å². The van der Waals surface area contributed by atoms with Gasteiger partial charge < -0.3 is 10.8 Å². The normalized spacial score (nSPS) is 31.8. The monoisotopic (exact) mass is 215 g/mol. The third kappa shape index (κ3) is 3.72. The molecule has 0 aromatic heterocycles. The minimum atomic E-state index is 0.109. The summed E-state index contributed by atoms with van der Waals surface area (Å²) in [5.74, 6) is 0. The Kier molecular flexibility index (Phi) is 4.99.